The quantitative estimate of drug-likeness (QED) is 0.705. The maximum atomic E-state index is 11.0. The molecule has 0 aliphatic carbocycles. The standard InChI is InChI=1S/C12H6O5/c13-11(14)9-7-5-1-2-6(4-3-5)8(7)10(17-9)12(15)16/h1-4H,(H,13,14)(H,15,16). The third-order valence-electron chi connectivity index (χ3n) is 2.76. The summed E-state index contributed by atoms with van der Waals surface area (Å²) in [5.41, 5.74) is 0. The van der Waals surface area contributed by atoms with Gasteiger partial charge in [-0.3, -0.25) is 0 Å². The lowest BCUT2D eigenvalue weighted by Gasteiger charge is -2.01. The van der Waals surface area contributed by atoms with Crippen molar-refractivity contribution in [3.05, 3.63) is 35.8 Å². The topological polar surface area (TPSA) is 87.7 Å². The molecule has 2 bridgehead atoms. The molecule has 1 aromatic heterocycles. The van der Waals surface area contributed by atoms with Gasteiger partial charge in [-0.05, 0) is 10.8 Å². The van der Waals surface area contributed by atoms with Crippen molar-refractivity contribution >= 4 is 33.5 Å². The van der Waals surface area contributed by atoms with E-state index in [0.29, 0.717) is 21.5 Å². The van der Waals surface area contributed by atoms with Crippen LogP contribution in [-0.4, -0.2) is 22.2 Å². The monoisotopic (exact) mass is 230 g/mol. The van der Waals surface area contributed by atoms with Crippen molar-refractivity contribution in [2.45, 2.75) is 0 Å². The molecule has 17 heavy (non-hydrogen) atoms. The number of benzene rings is 3. The molecule has 0 unspecified atom stereocenters. The molecule has 5 heteroatoms. The fourth-order valence-corrected chi connectivity index (χ4v) is 2.09. The molecule has 0 amide bonds. The van der Waals surface area contributed by atoms with Gasteiger partial charge in [-0.15, -0.1) is 0 Å². The molecule has 0 saturated carbocycles. The van der Waals surface area contributed by atoms with E-state index in [0.717, 1.165) is 0 Å². The second-order valence-corrected chi connectivity index (χ2v) is 3.70. The third-order valence-corrected chi connectivity index (χ3v) is 2.76. The molecule has 0 radical (unpaired) electrons. The van der Waals surface area contributed by atoms with Gasteiger partial charge in [-0.2, -0.15) is 0 Å². The average molecular weight is 230 g/mol. The van der Waals surface area contributed by atoms with Crippen LogP contribution in [0.1, 0.15) is 21.1 Å². The highest BCUT2D eigenvalue weighted by Gasteiger charge is 2.25. The smallest absolute Gasteiger partial charge is 0.372 e. The predicted molar refractivity (Wildman–Crippen MR) is 58.8 cm³/mol. The largest absolute Gasteiger partial charge is 0.475 e. The average Bonchev–Trinajstić information content (AvgIpc) is 2.72. The number of hydrogen-bond acceptors (Lipinski definition) is 3. The molecular formula is C12H6O5. The van der Waals surface area contributed by atoms with Gasteiger partial charge in [0.25, 0.3) is 0 Å². The van der Waals surface area contributed by atoms with E-state index in [1.807, 2.05) is 0 Å². The molecule has 0 aliphatic heterocycles. The van der Waals surface area contributed by atoms with Crippen LogP contribution < -0.4 is 0 Å². The van der Waals surface area contributed by atoms with Crippen LogP contribution in [0.25, 0.3) is 21.5 Å². The van der Waals surface area contributed by atoms with Crippen LogP contribution in [0.5, 0.6) is 0 Å². The van der Waals surface area contributed by atoms with E-state index in [9.17, 15) is 9.59 Å². The Morgan fingerprint density at radius 2 is 1.18 bits per heavy atom. The van der Waals surface area contributed by atoms with E-state index in [4.69, 9.17) is 14.6 Å². The first-order valence-electron chi connectivity index (χ1n) is 4.84. The Kier molecular flexibility index (Phi) is 1.69. The number of aromatic carboxylic acids is 2. The number of fused-ring (bicyclic) bond motifs is 2. The predicted octanol–water partition coefficient (Wildman–Crippen LogP) is 2.42. The zero-order valence-corrected chi connectivity index (χ0v) is 8.43. The number of carbonyl (C=O) groups is 2. The van der Waals surface area contributed by atoms with Gasteiger partial charge in [0.05, 0.1) is 0 Å². The Balaban J connectivity index is 2.59. The number of rotatable bonds is 2. The second-order valence-electron chi connectivity index (χ2n) is 3.70. The number of hydrogen-bond donors (Lipinski definition) is 2. The van der Waals surface area contributed by atoms with Crippen molar-refractivity contribution in [1.29, 1.82) is 0 Å². The minimum absolute atomic E-state index is 0.321. The van der Waals surface area contributed by atoms with Gasteiger partial charge in [-0.25, -0.2) is 9.59 Å². The van der Waals surface area contributed by atoms with Crippen molar-refractivity contribution < 1.29 is 24.2 Å². The van der Waals surface area contributed by atoms with Crippen LogP contribution in [0.2, 0.25) is 0 Å². The van der Waals surface area contributed by atoms with Crippen LogP contribution >= 0.6 is 0 Å². The summed E-state index contributed by atoms with van der Waals surface area (Å²) in [6.45, 7) is 0. The fourth-order valence-electron chi connectivity index (χ4n) is 2.09. The summed E-state index contributed by atoms with van der Waals surface area (Å²) in [6, 6.07) is 6.97. The summed E-state index contributed by atoms with van der Waals surface area (Å²) < 4.78 is 4.95. The van der Waals surface area contributed by atoms with Crippen molar-refractivity contribution in [2.24, 2.45) is 0 Å². The SMILES string of the molecule is O=C(O)c1oc(C(=O)O)c2c3ccc(cc3)c12. The minimum Gasteiger partial charge on any atom is -0.475 e. The Hall–Kier alpha value is -2.56. The lowest BCUT2D eigenvalue weighted by Crippen LogP contribution is -1.95. The third kappa shape index (κ3) is 1.13. The van der Waals surface area contributed by atoms with Crippen molar-refractivity contribution in [2.75, 3.05) is 0 Å². The van der Waals surface area contributed by atoms with Gasteiger partial charge in [0.1, 0.15) is 0 Å². The highest BCUT2D eigenvalue weighted by atomic mass is 16.4. The molecule has 0 aliphatic rings. The summed E-state index contributed by atoms with van der Waals surface area (Å²) in [6.07, 6.45) is 0. The molecule has 0 atom stereocenters. The van der Waals surface area contributed by atoms with Gasteiger partial charge in [0, 0.05) is 10.8 Å². The molecule has 3 aromatic carbocycles. The van der Waals surface area contributed by atoms with Crippen LogP contribution in [0, 0.1) is 0 Å². The summed E-state index contributed by atoms with van der Waals surface area (Å²) >= 11 is 0. The number of furan rings is 1. The van der Waals surface area contributed by atoms with Gasteiger partial charge < -0.3 is 14.6 Å². The molecule has 0 spiro atoms. The Bertz CT molecular complexity index is 670. The van der Waals surface area contributed by atoms with Crippen LogP contribution in [-0.2, 0) is 0 Å². The van der Waals surface area contributed by atoms with Crippen molar-refractivity contribution in [3.8, 4) is 0 Å². The van der Waals surface area contributed by atoms with Crippen LogP contribution in [0.3, 0.4) is 0 Å². The second kappa shape index (κ2) is 2.98. The van der Waals surface area contributed by atoms with Gasteiger partial charge >= 0.3 is 11.9 Å². The first-order chi connectivity index (χ1) is 8.09. The van der Waals surface area contributed by atoms with E-state index < -0.39 is 11.9 Å². The van der Waals surface area contributed by atoms with Gasteiger partial charge in [-0.1, -0.05) is 24.3 Å². The Labute approximate surface area is 94.2 Å². The number of carboxylic acids is 2. The fraction of sp³-hybridized carbons (Fsp3) is 0. The number of carboxylic acid groups (broad SMARTS) is 2. The first-order valence-corrected chi connectivity index (χ1v) is 4.84. The molecule has 0 fully saturated rings. The minimum atomic E-state index is -1.27. The van der Waals surface area contributed by atoms with Gasteiger partial charge in [0.15, 0.2) is 0 Å². The van der Waals surface area contributed by atoms with E-state index in [1.54, 1.807) is 24.3 Å². The summed E-state index contributed by atoms with van der Waals surface area (Å²) in [4.78, 5) is 22.1. The lowest BCUT2D eigenvalue weighted by molar-refractivity contribution is 0.0635. The zero-order valence-electron chi connectivity index (χ0n) is 8.43. The summed E-state index contributed by atoms with van der Waals surface area (Å²) in [7, 11) is 0. The van der Waals surface area contributed by atoms with Crippen molar-refractivity contribution in [1.82, 2.24) is 0 Å². The maximum absolute atomic E-state index is 11.0. The van der Waals surface area contributed by atoms with Gasteiger partial charge in [0.2, 0.25) is 11.5 Å². The molecule has 4 aromatic rings. The summed E-state index contributed by atoms with van der Waals surface area (Å²) in [5, 5.41) is 20.0. The molecule has 5 nitrogen and oxygen atoms in total. The van der Waals surface area contributed by atoms with E-state index >= 15 is 0 Å². The van der Waals surface area contributed by atoms with E-state index in [-0.39, 0.29) is 11.5 Å². The zero-order chi connectivity index (χ0) is 12.2. The summed E-state index contributed by atoms with van der Waals surface area (Å²) in [5.74, 6) is -3.18. The van der Waals surface area contributed by atoms with Crippen molar-refractivity contribution in [3.63, 3.8) is 0 Å². The van der Waals surface area contributed by atoms with E-state index in [2.05, 4.69) is 0 Å². The molecular weight excluding hydrogens is 224 g/mol. The molecule has 4 rings (SSSR count). The molecule has 84 valence electrons. The highest BCUT2D eigenvalue weighted by Crippen LogP contribution is 2.35. The van der Waals surface area contributed by atoms with Crippen LogP contribution in [0.15, 0.2) is 28.7 Å². The maximum Gasteiger partial charge on any atom is 0.372 e. The molecule has 1 heterocycles. The van der Waals surface area contributed by atoms with Crippen LogP contribution in [0.4, 0.5) is 0 Å². The Morgan fingerprint density at radius 3 is 1.47 bits per heavy atom. The first kappa shape index (κ1) is 9.65. The van der Waals surface area contributed by atoms with E-state index in [1.165, 1.54) is 0 Å². The molecule has 2 N–H and O–H groups in total. The normalized spacial score (nSPS) is 11.3. The highest BCUT2D eigenvalue weighted by molar-refractivity contribution is 6.21. The lowest BCUT2D eigenvalue weighted by atomic mass is 10.00. The Morgan fingerprint density at radius 1 is 0.824 bits per heavy atom. The molecule has 0 saturated heterocycles.